The Kier molecular flexibility index (Phi) is 7.87. The first-order valence-corrected chi connectivity index (χ1v) is 10.0. The molecule has 1 atom stereocenters. The molecule has 0 radical (unpaired) electrons. The molecule has 0 aromatic heterocycles. The van der Waals surface area contributed by atoms with E-state index in [1.165, 1.54) is 0 Å². The van der Waals surface area contributed by atoms with E-state index in [0.717, 1.165) is 15.6 Å². The first kappa shape index (κ1) is 21.5. The molecule has 0 saturated carbocycles. The molecule has 6 heteroatoms. The van der Waals surface area contributed by atoms with Gasteiger partial charge in [-0.1, -0.05) is 51.8 Å². The van der Waals surface area contributed by atoms with Crippen LogP contribution in [-0.2, 0) is 22.6 Å². The van der Waals surface area contributed by atoms with Gasteiger partial charge in [-0.05, 0) is 56.2 Å². The number of hydrogen-bond acceptors (Lipinski definition) is 2. The van der Waals surface area contributed by atoms with Gasteiger partial charge in [0.25, 0.3) is 0 Å². The SMILES string of the molecule is CC(C)NC(=O)[C@H](C)N(Cc1cccc(Br)c1)C(=O)Cc1ccc(Cl)cc1. The summed E-state index contributed by atoms with van der Waals surface area (Å²) in [5.41, 5.74) is 1.82. The highest BCUT2D eigenvalue weighted by Gasteiger charge is 2.26. The van der Waals surface area contributed by atoms with E-state index in [1.54, 1.807) is 24.0 Å². The number of halogens is 2. The molecule has 2 aromatic carbocycles. The van der Waals surface area contributed by atoms with Gasteiger partial charge in [0.05, 0.1) is 6.42 Å². The third-order valence-corrected chi connectivity index (χ3v) is 4.85. The molecular formula is C21H24BrClN2O2. The smallest absolute Gasteiger partial charge is 0.242 e. The Morgan fingerprint density at radius 3 is 2.33 bits per heavy atom. The van der Waals surface area contributed by atoms with Gasteiger partial charge >= 0.3 is 0 Å². The van der Waals surface area contributed by atoms with Gasteiger partial charge in [-0.15, -0.1) is 0 Å². The maximum Gasteiger partial charge on any atom is 0.242 e. The minimum absolute atomic E-state index is 0.0130. The first-order valence-electron chi connectivity index (χ1n) is 8.85. The van der Waals surface area contributed by atoms with Crippen molar-refractivity contribution < 1.29 is 9.59 Å². The molecule has 1 N–H and O–H groups in total. The average molecular weight is 452 g/mol. The summed E-state index contributed by atoms with van der Waals surface area (Å²) in [5.74, 6) is -0.270. The van der Waals surface area contributed by atoms with E-state index in [1.807, 2.05) is 50.2 Å². The van der Waals surface area contributed by atoms with Crippen molar-refractivity contribution in [2.75, 3.05) is 0 Å². The molecule has 27 heavy (non-hydrogen) atoms. The Hall–Kier alpha value is -1.85. The molecule has 2 rings (SSSR count). The quantitative estimate of drug-likeness (QED) is 0.669. The zero-order chi connectivity index (χ0) is 20.0. The van der Waals surface area contributed by atoms with Crippen LogP contribution in [0.2, 0.25) is 5.02 Å². The van der Waals surface area contributed by atoms with E-state index < -0.39 is 6.04 Å². The Bertz CT molecular complexity index is 793. The highest BCUT2D eigenvalue weighted by atomic mass is 79.9. The minimum Gasteiger partial charge on any atom is -0.352 e. The predicted molar refractivity (Wildman–Crippen MR) is 113 cm³/mol. The number of nitrogens with zero attached hydrogens (tertiary/aromatic N) is 1. The second kappa shape index (κ2) is 9.90. The maximum atomic E-state index is 13.0. The molecule has 0 bridgehead atoms. The molecule has 0 aliphatic heterocycles. The molecule has 4 nitrogen and oxygen atoms in total. The van der Waals surface area contributed by atoms with Gasteiger partial charge in [0.1, 0.15) is 6.04 Å². The summed E-state index contributed by atoms with van der Waals surface area (Å²) in [5, 5.41) is 3.51. The Morgan fingerprint density at radius 1 is 1.07 bits per heavy atom. The third kappa shape index (κ3) is 6.67. The number of benzene rings is 2. The second-order valence-corrected chi connectivity index (χ2v) is 8.15. The van der Waals surface area contributed by atoms with E-state index in [0.29, 0.717) is 11.6 Å². The first-order chi connectivity index (χ1) is 12.8. The van der Waals surface area contributed by atoms with E-state index >= 15 is 0 Å². The normalized spacial score (nSPS) is 11.9. The molecule has 0 unspecified atom stereocenters. The second-order valence-electron chi connectivity index (χ2n) is 6.79. The highest BCUT2D eigenvalue weighted by molar-refractivity contribution is 9.10. The summed E-state index contributed by atoms with van der Waals surface area (Å²) in [6.45, 7) is 5.92. The van der Waals surface area contributed by atoms with Gasteiger partial charge in [-0.2, -0.15) is 0 Å². The van der Waals surface area contributed by atoms with Crippen LogP contribution in [0, 0.1) is 0 Å². The molecule has 0 spiro atoms. The number of hydrogen-bond donors (Lipinski definition) is 1. The van der Waals surface area contributed by atoms with Crippen molar-refractivity contribution in [3.8, 4) is 0 Å². The van der Waals surface area contributed by atoms with Crippen LogP contribution in [0.1, 0.15) is 31.9 Å². The third-order valence-electron chi connectivity index (χ3n) is 4.11. The van der Waals surface area contributed by atoms with Crippen LogP contribution in [0.4, 0.5) is 0 Å². The van der Waals surface area contributed by atoms with E-state index in [4.69, 9.17) is 11.6 Å². The molecule has 0 saturated heterocycles. The van der Waals surface area contributed by atoms with Gasteiger partial charge in [0.15, 0.2) is 0 Å². The van der Waals surface area contributed by atoms with Crippen molar-refractivity contribution in [3.63, 3.8) is 0 Å². The number of carbonyl (C=O) groups excluding carboxylic acids is 2. The Morgan fingerprint density at radius 2 is 1.74 bits per heavy atom. The predicted octanol–water partition coefficient (Wildman–Crippen LogP) is 4.59. The zero-order valence-electron chi connectivity index (χ0n) is 15.7. The van der Waals surface area contributed by atoms with E-state index in [2.05, 4.69) is 21.2 Å². The van der Waals surface area contributed by atoms with Gasteiger partial charge in [-0.3, -0.25) is 9.59 Å². The largest absolute Gasteiger partial charge is 0.352 e. The minimum atomic E-state index is -0.578. The molecule has 0 fully saturated rings. The lowest BCUT2D eigenvalue weighted by Gasteiger charge is -2.29. The van der Waals surface area contributed by atoms with Gasteiger partial charge in [-0.25, -0.2) is 0 Å². The van der Waals surface area contributed by atoms with Crippen LogP contribution >= 0.6 is 27.5 Å². The number of rotatable bonds is 7. The Labute approximate surface area is 174 Å². The molecule has 0 aliphatic carbocycles. The van der Waals surface area contributed by atoms with E-state index in [-0.39, 0.29) is 24.3 Å². The lowest BCUT2D eigenvalue weighted by atomic mass is 10.1. The lowest BCUT2D eigenvalue weighted by Crippen LogP contribution is -2.49. The van der Waals surface area contributed by atoms with E-state index in [9.17, 15) is 9.59 Å². The van der Waals surface area contributed by atoms with Gasteiger partial charge < -0.3 is 10.2 Å². The number of nitrogens with one attached hydrogen (secondary N) is 1. The fraction of sp³-hybridized carbons (Fsp3) is 0.333. The molecule has 2 amide bonds. The van der Waals surface area contributed by atoms with Crippen molar-refractivity contribution in [3.05, 3.63) is 69.2 Å². The van der Waals surface area contributed by atoms with Crippen molar-refractivity contribution in [1.82, 2.24) is 10.2 Å². The van der Waals surface area contributed by atoms with Gasteiger partial charge in [0.2, 0.25) is 11.8 Å². The number of carbonyl (C=O) groups is 2. The summed E-state index contributed by atoms with van der Waals surface area (Å²) in [6.07, 6.45) is 0.213. The van der Waals surface area contributed by atoms with Gasteiger partial charge in [0, 0.05) is 22.1 Å². The van der Waals surface area contributed by atoms with Crippen LogP contribution in [-0.4, -0.2) is 28.8 Å². The summed E-state index contributed by atoms with van der Waals surface area (Å²) < 4.78 is 0.935. The molecule has 0 aliphatic rings. The maximum absolute atomic E-state index is 13.0. The zero-order valence-corrected chi connectivity index (χ0v) is 18.0. The molecule has 0 heterocycles. The van der Waals surface area contributed by atoms with Crippen molar-refractivity contribution >= 4 is 39.3 Å². The summed E-state index contributed by atoms with van der Waals surface area (Å²) in [7, 11) is 0. The topological polar surface area (TPSA) is 49.4 Å². The molecule has 144 valence electrons. The highest BCUT2D eigenvalue weighted by Crippen LogP contribution is 2.17. The molecule has 2 aromatic rings. The standard InChI is InChI=1S/C21H24BrClN2O2/c1-14(2)24-21(27)15(3)25(13-17-5-4-6-18(22)11-17)20(26)12-16-7-9-19(23)10-8-16/h4-11,14-15H,12-13H2,1-3H3,(H,24,27)/t15-/m0/s1. The van der Waals surface area contributed by atoms with Crippen LogP contribution in [0.15, 0.2) is 53.0 Å². The fourth-order valence-electron chi connectivity index (χ4n) is 2.70. The van der Waals surface area contributed by atoms with Crippen LogP contribution < -0.4 is 5.32 Å². The average Bonchev–Trinajstić information content (AvgIpc) is 2.60. The van der Waals surface area contributed by atoms with Crippen LogP contribution in [0.3, 0.4) is 0 Å². The lowest BCUT2D eigenvalue weighted by molar-refractivity contribution is -0.140. The van der Waals surface area contributed by atoms with Crippen LogP contribution in [0.5, 0.6) is 0 Å². The molecular weight excluding hydrogens is 428 g/mol. The summed E-state index contributed by atoms with van der Waals surface area (Å²) >= 11 is 9.37. The van der Waals surface area contributed by atoms with Crippen molar-refractivity contribution in [1.29, 1.82) is 0 Å². The Balaban J connectivity index is 2.22. The summed E-state index contributed by atoms with van der Waals surface area (Å²) in [6, 6.07) is 14.4. The number of amides is 2. The summed E-state index contributed by atoms with van der Waals surface area (Å²) in [4.78, 5) is 27.2. The van der Waals surface area contributed by atoms with Crippen molar-refractivity contribution in [2.24, 2.45) is 0 Å². The van der Waals surface area contributed by atoms with Crippen LogP contribution in [0.25, 0.3) is 0 Å². The monoisotopic (exact) mass is 450 g/mol. The van der Waals surface area contributed by atoms with Crippen molar-refractivity contribution in [2.45, 2.75) is 45.8 Å². The fourth-order valence-corrected chi connectivity index (χ4v) is 3.27.